The summed E-state index contributed by atoms with van der Waals surface area (Å²) in [5.74, 6) is -0.0642. The normalized spacial score (nSPS) is 10.8. The first-order valence-corrected chi connectivity index (χ1v) is 12.5. The van der Waals surface area contributed by atoms with Crippen LogP contribution >= 0.6 is 46.3 Å². The molecule has 1 N–H and O–H groups in total. The van der Waals surface area contributed by atoms with Crippen molar-refractivity contribution in [2.45, 2.75) is 5.16 Å². The quantitative estimate of drug-likeness (QED) is 0.231. The Bertz CT molecular complexity index is 1340. The number of ether oxygens (including phenoxy) is 1. The van der Waals surface area contributed by atoms with E-state index in [-0.39, 0.29) is 11.7 Å². The zero-order valence-corrected chi connectivity index (χ0v) is 21.2. The zero-order valence-electron chi connectivity index (χ0n) is 18.0. The Labute approximate surface area is 214 Å². The number of rotatable bonds is 7. The SMILES string of the molecule is COC(=O)c1c(-c2ccc(Cl)cc2)csc1NC(=O)CSc1nnc(-c2ccc(Cl)cc2)n1C. The van der Waals surface area contributed by atoms with Crippen molar-refractivity contribution in [1.29, 1.82) is 0 Å². The molecule has 0 aliphatic heterocycles. The Morgan fingerprint density at radius 1 is 1.03 bits per heavy atom. The van der Waals surface area contributed by atoms with Gasteiger partial charge in [0, 0.05) is 33.6 Å². The van der Waals surface area contributed by atoms with Crippen LogP contribution in [0.1, 0.15) is 10.4 Å². The van der Waals surface area contributed by atoms with E-state index in [1.807, 2.05) is 35.9 Å². The predicted molar refractivity (Wildman–Crippen MR) is 137 cm³/mol. The topological polar surface area (TPSA) is 86.1 Å². The van der Waals surface area contributed by atoms with Gasteiger partial charge in [-0.05, 0) is 42.0 Å². The molecule has 0 unspecified atom stereocenters. The highest BCUT2D eigenvalue weighted by Gasteiger charge is 2.23. The van der Waals surface area contributed by atoms with Gasteiger partial charge in [-0.1, -0.05) is 47.1 Å². The van der Waals surface area contributed by atoms with E-state index in [2.05, 4.69) is 15.5 Å². The molecule has 0 aliphatic carbocycles. The van der Waals surface area contributed by atoms with Crippen molar-refractivity contribution in [3.05, 3.63) is 69.5 Å². The van der Waals surface area contributed by atoms with Crippen molar-refractivity contribution >= 4 is 63.2 Å². The van der Waals surface area contributed by atoms with Gasteiger partial charge < -0.3 is 14.6 Å². The lowest BCUT2D eigenvalue weighted by Gasteiger charge is -2.08. The summed E-state index contributed by atoms with van der Waals surface area (Å²) in [4.78, 5) is 25.2. The molecule has 2 aromatic heterocycles. The molecule has 2 aromatic carbocycles. The van der Waals surface area contributed by atoms with Gasteiger partial charge >= 0.3 is 5.97 Å². The number of hydrogen-bond donors (Lipinski definition) is 1. The number of thiophene rings is 1. The number of nitrogens with one attached hydrogen (secondary N) is 1. The number of nitrogens with zero attached hydrogens (tertiary/aromatic N) is 3. The average Bonchev–Trinajstić information content (AvgIpc) is 3.41. The molecule has 7 nitrogen and oxygen atoms in total. The molecule has 0 saturated heterocycles. The molecule has 1 amide bonds. The molecule has 2 heterocycles. The number of thioether (sulfide) groups is 1. The largest absolute Gasteiger partial charge is 0.465 e. The monoisotopic (exact) mass is 532 g/mol. The van der Waals surface area contributed by atoms with Crippen LogP contribution in [0.3, 0.4) is 0 Å². The van der Waals surface area contributed by atoms with Crippen LogP contribution < -0.4 is 5.32 Å². The lowest BCUT2D eigenvalue weighted by molar-refractivity contribution is -0.113. The van der Waals surface area contributed by atoms with Crippen molar-refractivity contribution in [3.8, 4) is 22.5 Å². The number of hydrogen-bond acceptors (Lipinski definition) is 7. The van der Waals surface area contributed by atoms with Gasteiger partial charge in [-0.15, -0.1) is 21.5 Å². The van der Waals surface area contributed by atoms with Gasteiger partial charge in [0.1, 0.15) is 10.6 Å². The van der Waals surface area contributed by atoms with Gasteiger partial charge in [-0.3, -0.25) is 4.79 Å². The first-order chi connectivity index (χ1) is 16.4. The summed E-state index contributed by atoms with van der Waals surface area (Å²) >= 11 is 14.4. The van der Waals surface area contributed by atoms with Crippen LogP contribution in [0.4, 0.5) is 5.00 Å². The van der Waals surface area contributed by atoms with Gasteiger partial charge in [0.2, 0.25) is 5.91 Å². The maximum absolute atomic E-state index is 12.7. The Morgan fingerprint density at radius 3 is 2.26 bits per heavy atom. The van der Waals surface area contributed by atoms with E-state index in [0.717, 1.165) is 11.1 Å². The molecule has 0 aliphatic rings. The third kappa shape index (κ3) is 5.28. The molecule has 11 heteroatoms. The van der Waals surface area contributed by atoms with Crippen LogP contribution in [0.25, 0.3) is 22.5 Å². The summed E-state index contributed by atoms with van der Waals surface area (Å²) in [6.45, 7) is 0. The summed E-state index contributed by atoms with van der Waals surface area (Å²) in [5, 5.41) is 15.3. The van der Waals surface area contributed by atoms with Crippen molar-refractivity contribution in [1.82, 2.24) is 14.8 Å². The maximum atomic E-state index is 12.7. The second-order valence-corrected chi connectivity index (χ2v) is 9.76. The van der Waals surface area contributed by atoms with Gasteiger partial charge in [0.05, 0.1) is 12.9 Å². The Kier molecular flexibility index (Phi) is 7.57. The predicted octanol–water partition coefficient (Wildman–Crippen LogP) is 6.03. The minimum absolute atomic E-state index is 0.0847. The zero-order chi connectivity index (χ0) is 24.2. The van der Waals surface area contributed by atoms with Crippen LogP contribution in [-0.2, 0) is 16.6 Å². The summed E-state index contributed by atoms with van der Waals surface area (Å²) < 4.78 is 6.77. The summed E-state index contributed by atoms with van der Waals surface area (Å²) in [7, 11) is 3.14. The van der Waals surface area contributed by atoms with Crippen molar-refractivity contribution in [3.63, 3.8) is 0 Å². The second-order valence-electron chi connectivity index (χ2n) is 7.06. The van der Waals surface area contributed by atoms with E-state index in [0.29, 0.717) is 37.2 Å². The Hall–Kier alpha value is -2.85. The van der Waals surface area contributed by atoms with E-state index in [9.17, 15) is 9.59 Å². The third-order valence-corrected chi connectivity index (χ3v) is 7.28. The number of halogens is 2. The van der Waals surface area contributed by atoms with Gasteiger partial charge in [0.25, 0.3) is 0 Å². The lowest BCUT2D eigenvalue weighted by atomic mass is 10.0. The van der Waals surface area contributed by atoms with Crippen LogP contribution in [-0.4, -0.2) is 39.5 Å². The number of methoxy groups -OCH3 is 1. The van der Waals surface area contributed by atoms with E-state index in [1.165, 1.54) is 30.2 Å². The highest BCUT2D eigenvalue weighted by molar-refractivity contribution is 7.99. The first kappa shape index (κ1) is 24.3. The van der Waals surface area contributed by atoms with E-state index in [1.54, 1.807) is 29.6 Å². The summed E-state index contributed by atoms with van der Waals surface area (Å²) in [6.07, 6.45) is 0. The number of carbonyl (C=O) groups is 2. The minimum Gasteiger partial charge on any atom is -0.465 e. The first-order valence-electron chi connectivity index (χ1n) is 9.91. The number of esters is 1. The molecular formula is C23H18Cl2N4O3S2. The van der Waals surface area contributed by atoms with E-state index in [4.69, 9.17) is 27.9 Å². The van der Waals surface area contributed by atoms with Gasteiger partial charge in [-0.2, -0.15) is 0 Å². The standard InChI is InChI=1S/C23H18Cl2N4O3S2/c1-29-20(14-5-9-16(25)10-6-14)27-28-23(29)34-12-18(30)26-21-19(22(31)32-2)17(11-33-21)13-3-7-15(24)8-4-13/h3-11H,12H2,1-2H3,(H,26,30). The number of benzene rings is 2. The Morgan fingerprint density at radius 2 is 1.65 bits per heavy atom. The molecule has 174 valence electrons. The van der Waals surface area contributed by atoms with Gasteiger partial charge in [-0.25, -0.2) is 4.79 Å². The molecule has 0 atom stereocenters. The molecule has 0 radical (unpaired) electrons. The smallest absolute Gasteiger partial charge is 0.341 e. The molecular weight excluding hydrogens is 515 g/mol. The number of amides is 1. The lowest BCUT2D eigenvalue weighted by Crippen LogP contribution is -2.16. The van der Waals surface area contributed by atoms with Gasteiger partial charge in [0.15, 0.2) is 11.0 Å². The van der Waals surface area contributed by atoms with Crippen molar-refractivity contribution < 1.29 is 14.3 Å². The molecule has 0 spiro atoms. The molecule has 0 saturated carbocycles. The fourth-order valence-electron chi connectivity index (χ4n) is 3.18. The van der Waals surface area contributed by atoms with Crippen molar-refractivity contribution in [2.24, 2.45) is 7.05 Å². The highest BCUT2D eigenvalue weighted by Crippen LogP contribution is 2.36. The summed E-state index contributed by atoms with van der Waals surface area (Å²) in [6, 6.07) is 14.4. The minimum atomic E-state index is -0.532. The molecule has 0 fully saturated rings. The summed E-state index contributed by atoms with van der Waals surface area (Å²) in [5.41, 5.74) is 2.63. The van der Waals surface area contributed by atoms with Crippen LogP contribution in [0.5, 0.6) is 0 Å². The fraction of sp³-hybridized carbons (Fsp3) is 0.130. The third-order valence-electron chi connectivity index (χ3n) is 4.86. The van der Waals surface area contributed by atoms with E-state index >= 15 is 0 Å². The molecule has 4 rings (SSSR count). The average molecular weight is 533 g/mol. The number of aromatic nitrogens is 3. The number of anilines is 1. The Balaban J connectivity index is 1.48. The maximum Gasteiger partial charge on any atom is 0.341 e. The number of carbonyl (C=O) groups excluding carboxylic acids is 2. The highest BCUT2D eigenvalue weighted by atomic mass is 35.5. The fourth-order valence-corrected chi connectivity index (χ4v) is 5.12. The molecule has 4 aromatic rings. The van der Waals surface area contributed by atoms with Crippen LogP contribution in [0.2, 0.25) is 10.0 Å². The molecule has 34 heavy (non-hydrogen) atoms. The second kappa shape index (κ2) is 10.6. The molecule has 0 bridgehead atoms. The van der Waals surface area contributed by atoms with Crippen molar-refractivity contribution in [2.75, 3.05) is 18.2 Å². The van der Waals surface area contributed by atoms with Crippen LogP contribution in [0.15, 0.2) is 59.1 Å². The van der Waals surface area contributed by atoms with Crippen LogP contribution in [0, 0.1) is 0 Å². The van der Waals surface area contributed by atoms with E-state index < -0.39 is 5.97 Å².